The zero-order chi connectivity index (χ0) is 12.5. The van der Waals surface area contributed by atoms with E-state index >= 15 is 0 Å². The molecule has 0 bridgehead atoms. The molecule has 3 rings (SSSR count). The lowest BCUT2D eigenvalue weighted by atomic mass is 10.0. The summed E-state index contributed by atoms with van der Waals surface area (Å²) in [6, 6.07) is 6.61. The van der Waals surface area contributed by atoms with E-state index in [0.29, 0.717) is 0 Å². The maximum absolute atomic E-state index is 4.46. The maximum Gasteiger partial charge on any atom is 0.0967 e. The molecule has 0 spiro atoms. The molecule has 1 aromatic heterocycles. The molecule has 0 saturated heterocycles. The van der Waals surface area contributed by atoms with E-state index in [2.05, 4.69) is 47.3 Å². The Balaban J connectivity index is 1.90. The molecule has 0 atom stereocenters. The number of rotatable bonds is 3. The fourth-order valence-corrected chi connectivity index (χ4v) is 2.68. The smallest absolute Gasteiger partial charge is 0.0967 e. The molecule has 2 N–H and O–H groups in total. The minimum atomic E-state index is 0.932. The maximum atomic E-state index is 4.46. The van der Waals surface area contributed by atoms with Crippen molar-refractivity contribution in [2.45, 2.75) is 26.7 Å². The Labute approximate surface area is 107 Å². The van der Waals surface area contributed by atoms with Crippen LogP contribution in [0, 0.1) is 13.8 Å². The number of benzene rings is 1. The average Bonchev–Trinajstić information content (AvgIpc) is 2.94. The van der Waals surface area contributed by atoms with E-state index < -0.39 is 0 Å². The quantitative estimate of drug-likeness (QED) is 0.852. The monoisotopic (exact) mass is 241 g/mol. The number of nitrogens with zero attached hydrogens (tertiary/aromatic N) is 1. The van der Waals surface area contributed by atoms with E-state index in [-0.39, 0.29) is 0 Å². The molecule has 3 heteroatoms. The van der Waals surface area contributed by atoms with Gasteiger partial charge in [0.2, 0.25) is 0 Å². The lowest BCUT2D eigenvalue weighted by molar-refractivity contribution is 0.933. The predicted octanol–water partition coefficient (Wildman–Crippen LogP) is 2.72. The summed E-state index contributed by atoms with van der Waals surface area (Å²) in [6.45, 7) is 6.24. The number of hydrogen-bond acceptors (Lipinski definition) is 2. The zero-order valence-corrected chi connectivity index (χ0v) is 11.0. The van der Waals surface area contributed by atoms with Gasteiger partial charge in [0.25, 0.3) is 0 Å². The van der Waals surface area contributed by atoms with Crippen molar-refractivity contribution in [3.63, 3.8) is 0 Å². The minimum absolute atomic E-state index is 0.932. The van der Waals surface area contributed by atoms with Crippen LogP contribution in [0.15, 0.2) is 23.2 Å². The van der Waals surface area contributed by atoms with Gasteiger partial charge in [-0.05, 0) is 38.0 Å². The number of amidine groups is 1. The Bertz CT molecular complexity index is 607. The Kier molecular flexibility index (Phi) is 2.82. The molecule has 3 nitrogen and oxygen atoms in total. The minimum Gasteiger partial charge on any atom is -0.372 e. The van der Waals surface area contributed by atoms with Crippen LogP contribution in [0.25, 0.3) is 10.9 Å². The molecule has 2 heterocycles. The number of hydrogen-bond donors (Lipinski definition) is 2. The number of fused-ring (bicyclic) bond motifs is 1. The van der Waals surface area contributed by atoms with Crippen LogP contribution in [0.3, 0.4) is 0 Å². The second-order valence-corrected chi connectivity index (χ2v) is 5.03. The summed E-state index contributed by atoms with van der Waals surface area (Å²) in [5, 5.41) is 4.70. The van der Waals surface area contributed by atoms with Crippen molar-refractivity contribution < 1.29 is 0 Å². The van der Waals surface area contributed by atoms with Crippen molar-refractivity contribution in [1.82, 2.24) is 10.3 Å². The van der Waals surface area contributed by atoms with Crippen LogP contribution in [0.2, 0.25) is 0 Å². The zero-order valence-electron chi connectivity index (χ0n) is 11.0. The van der Waals surface area contributed by atoms with Crippen LogP contribution >= 0.6 is 0 Å². The highest BCUT2D eigenvalue weighted by molar-refractivity contribution is 5.87. The first kappa shape index (κ1) is 11.3. The Hall–Kier alpha value is -1.77. The van der Waals surface area contributed by atoms with Gasteiger partial charge in [-0.25, -0.2) is 0 Å². The molecule has 0 unspecified atom stereocenters. The van der Waals surface area contributed by atoms with Gasteiger partial charge in [0.1, 0.15) is 0 Å². The SMILES string of the molecule is Cc1ccc2[nH]c(C)c(CCC3=NCCN3)c2c1. The number of aryl methyl sites for hydroxylation is 3. The third kappa shape index (κ3) is 2.01. The second kappa shape index (κ2) is 4.48. The predicted molar refractivity (Wildman–Crippen MR) is 76.4 cm³/mol. The van der Waals surface area contributed by atoms with E-state index in [9.17, 15) is 0 Å². The summed E-state index contributed by atoms with van der Waals surface area (Å²) in [5.41, 5.74) is 5.28. The van der Waals surface area contributed by atoms with Gasteiger partial charge in [0, 0.05) is 29.6 Å². The molecule has 2 aromatic rings. The largest absolute Gasteiger partial charge is 0.372 e. The number of aliphatic imine (C=N–C) groups is 1. The fourth-order valence-electron chi connectivity index (χ4n) is 2.68. The second-order valence-electron chi connectivity index (χ2n) is 5.03. The third-order valence-corrected chi connectivity index (χ3v) is 3.63. The van der Waals surface area contributed by atoms with Crippen molar-refractivity contribution in [2.75, 3.05) is 13.1 Å². The average molecular weight is 241 g/mol. The van der Waals surface area contributed by atoms with Gasteiger partial charge < -0.3 is 10.3 Å². The summed E-state index contributed by atoms with van der Waals surface area (Å²) < 4.78 is 0. The van der Waals surface area contributed by atoms with Gasteiger partial charge in [-0.3, -0.25) is 4.99 Å². The van der Waals surface area contributed by atoms with Gasteiger partial charge in [0.15, 0.2) is 0 Å². The van der Waals surface area contributed by atoms with Gasteiger partial charge in [0.05, 0.1) is 12.4 Å². The first-order valence-corrected chi connectivity index (χ1v) is 6.59. The molecule has 1 aliphatic heterocycles. The van der Waals surface area contributed by atoms with E-state index in [1.165, 1.54) is 27.7 Å². The van der Waals surface area contributed by atoms with Crippen LogP contribution in [0.5, 0.6) is 0 Å². The number of aromatic nitrogens is 1. The summed E-state index contributed by atoms with van der Waals surface area (Å²) in [4.78, 5) is 7.93. The van der Waals surface area contributed by atoms with Crippen LogP contribution in [-0.4, -0.2) is 23.9 Å². The summed E-state index contributed by atoms with van der Waals surface area (Å²) in [5.74, 6) is 1.16. The molecule has 1 aliphatic rings. The number of aromatic amines is 1. The van der Waals surface area contributed by atoms with Crippen LogP contribution in [-0.2, 0) is 6.42 Å². The first-order chi connectivity index (χ1) is 8.74. The molecule has 1 aromatic carbocycles. The molecule has 0 fully saturated rings. The van der Waals surface area contributed by atoms with Crippen molar-refractivity contribution in [3.8, 4) is 0 Å². The van der Waals surface area contributed by atoms with E-state index in [0.717, 1.165) is 31.8 Å². The Morgan fingerprint density at radius 3 is 2.89 bits per heavy atom. The highest BCUT2D eigenvalue weighted by atomic mass is 15.1. The number of nitrogens with one attached hydrogen (secondary N) is 2. The van der Waals surface area contributed by atoms with E-state index in [4.69, 9.17) is 0 Å². The fraction of sp³-hybridized carbons (Fsp3) is 0.400. The van der Waals surface area contributed by atoms with Gasteiger partial charge >= 0.3 is 0 Å². The molecular weight excluding hydrogens is 222 g/mol. The standard InChI is InChI=1S/C15H19N3/c1-10-3-5-14-13(9-10)12(11(2)18-14)4-6-15-16-7-8-17-15/h3,5,9,18H,4,6-8H2,1-2H3,(H,16,17). The summed E-state index contributed by atoms with van der Waals surface area (Å²) in [7, 11) is 0. The van der Waals surface area contributed by atoms with Crippen LogP contribution in [0.1, 0.15) is 23.2 Å². The van der Waals surface area contributed by atoms with Crippen molar-refractivity contribution in [1.29, 1.82) is 0 Å². The number of H-pyrrole nitrogens is 1. The lowest BCUT2D eigenvalue weighted by Crippen LogP contribution is -2.18. The van der Waals surface area contributed by atoms with Gasteiger partial charge in [-0.15, -0.1) is 0 Å². The first-order valence-electron chi connectivity index (χ1n) is 6.59. The van der Waals surface area contributed by atoms with Crippen molar-refractivity contribution >= 4 is 16.7 Å². The van der Waals surface area contributed by atoms with Gasteiger partial charge in [-0.2, -0.15) is 0 Å². The van der Waals surface area contributed by atoms with Gasteiger partial charge in [-0.1, -0.05) is 11.6 Å². The molecule has 18 heavy (non-hydrogen) atoms. The molecule has 0 radical (unpaired) electrons. The van der Waals surface area contributed by atoms with Crippen molar-refractivity contribution in [3.05, 3.63) is 35.0 Å². The van der Waals surface area contributed by atoms with Crippen molar-refractivity contribution in [2.24, 2.45) is 4.99 Å². The Morgan fingerprint density at radius 2 is 2.11 bits per heavy atom. The van der Waals surface area contributed by atoms with E-state index in [1.807, 2.05) is 0 Å². The molecule has 0 aliphatic carbocycles. The highest BCUT2D eigenvalue weighted by Gasteiger charge is 2.11. The molecule has 94 valence electrons. The van der Waals surface area contributed by atoms with E-state index in [1.54, 1.807) is 0 Å². The molecule has 0 amide bonds. The topological polar surface area (TPSA) is 40.2 Å². The third-order valence-electron chi connectivity index (χ3n) is 3.63. The molecular formula is C15H19N3. The normalized spacial score (nSPS) is 14.9. The lowest BCUT2D eigenvalue weighted by Gasteiger charge is -2.03. The summed E-state index contributed by atoms with van der Waals surface area (Å²) in [6.07, 6.45) is 2.07. The summed E-state index contributed by atoms with van der Waals surface area (Å²) >= 11 is 0. The van der Waals surface area contributed by atoms with Crippen LogP contribution < -0.4 is 5.32 Å². The highest BCUT2D eigenvalue weighted by Crippen LogP contribution is 2.24. The molecule has 0 saturated carbocycles. The van der Waals surface area contributed by atoms with Crippen LogP contribution in [0.4, 0.5) is 0 Å². The Morgan fingerprint density at radius 1 is 1.22 bits per heavy atom.